The summed E-state index contributed by atoms with van der Waals surface area (Å²) in [5.41, 5.74) is 2.45. The molecule has 1 aromatic heterocycles. The fourth-order valence-electron chi connectivity index (χ4n) is 3.67. The van der Waals surface area contributed by atoms with E-state index in [4.69, 9.17) is 0 Å². The smallest absolute Gasteiger partial charge is 0.406 e. The Balaban J connectivity index is 1.52. The lowest BCUT2D eigenvalue weighted by Crippen LogP contribution is -2.36. The van der Waals surface area contributed by atoms with Crippen LogP contribution in [0.25, 0.3) is 0 Å². The highest BCUT2D eigenvalue weighted by molar-refractivity contribution is 5.98. The Morgan fingerprint density at radius 3 is 2.85 bits per heavy atom. The largest absolute Gasteiger partial charge is 0.573 e. The zero-order valence-corrected chi connectivity index (χ0v) is 14.2. The lowest BCUT2D eigenvalue weighted by atomic mass is 10.0. The van der Waals surface area contributed by atoms with Gasteiger partial charge in [-0.3, -0.25) is 9.48 Å². The van der Waals surface area contributed by atoms with Crippen molar-refractivity contribution in [3.63, 3.8) is 0 Å². The minimum Gasteiger partial charge on any atom is -0.406 e. The van der Waals surface area contributed by atoms with Crippen LogP contribution in [0.3, 0.4) is 0 Å². The number of amides is 1. The summed E-state index contributed by atoms with van der Waals surface area (Å²) in [6.07, 6.45) is 1.12. The van der Waals surface area contributed by atoms with Gasteiger partial charge in [-0.15, -0.1) is 13.2 Å². The molecule has 0 radical (unpaired) electrons. The molecule has 1 aromatic carbocycles. The second-order valence-corrected chi connectivity index (χ2v) is 6.83. The van der Waals surface area contributed by atoms with E-state index < -0.39 is 6.36 Å². The van der Waals surface area contributed by atoms with Crippen molar-refractivity contribution in [3.8, 4) is 5.75 Å². The molecule has 138 valence electrons. The zero-order valence-electron chi connectivity index (χ0n) is 14.2. The van der Waals surface area contributed by atoms with Gasteiger partial charge in [-0.2, -0.15) is 5.10 Å². The number of fused-ring (bicyclic) bond motifs is 1. The number of benzene rings is 1. The summed E-state index contributed by atoms with van der Waals surface area (Å²) in [6, 6.07) is 4.20. The van der Waals surface area contributed by atoms with Gasteiger partial charge < -0.3 is 9.64 Å². The second kappa shape index (κ2) is 6.03. The molecule has 2 heterocycles. The molecule has 8 heteroatoms. The Labute approximate surface area is 148 Å². The van der Waals surface area contributed by atoms with Crippen molar-refractivity contribution in [1.29, 1.82) is 0 Å². The Hall–Kier alpha value is -2.51. The van der Waals surface area contributed by atoms with Crippen molar-refractivity contribution in [3.05, 3.63) is 41.7 Å². The van der Waals surface area contributed by atoms with Crippen LogP contribution in [0.2, 0.25) is 0 Å². The predicted octanol–water partition coefficient (Wildman–Crippen LogP) is 3.40. The van der Waals surface area contributed by atoms with E-state index in [1.54, 1.807) is 21.8 Å². The summed E-state index contributed by atoms with van der Waals surface area (Å²) in [5.74, 6) is -0.125. The molecule has 1 aliphatic heterocycles. The number of hydrogen-bond acceptors (Lipinski definition) is 3. The monoisotopic (exact) mass is 365 g/mol. The third kappa shape index (κ3) is 3.27. The summed E-state index contributed by atoms with van der Waals surface area (Å²) < 4.78 is 42.9. The third-order valence-corrected chi connectivity index (χ3v) is 4.93. The fraction of sp³-hybridized carbons (Fsp3) is 0.444. The Morgan fingerprint density at radius 2 is 2.15 bits per heavy atom. The molecule has 2 aromatic rings. The number of aromatic nitrogens is 2. The normalized spacial score (nSPS) is 22.1. The summed E-state index contributed by atoms with van der Waals surface area (Å²) >= 11 is 0. The number of carbonyl (C=O) groups excluding carboxylic acids is 1. The topological polar surface area (TPSA) is 47.4 Å². The molecule has 1 fully saturated rings. The number of aryl methyl sites for hydroxylation is 2. The average Bonchev–Trinajstić information content (AvgIpc) is 3.26. The van der Waals surface area contributed by atoms with E-state index >= 15 is 0 Å². The number of rotatable bonds is 3. The fourth-order valence-corrected chi connectivity index (χ4v) is 3.67. The first kappa shape index (κ1) is 16.9. The van der Waals surface area contributed by atoms with Crippen LogP contribution >= 0.6 is 0 Å². The quantitative estimate of drug-likeness (QED) is 0.838. The molecule has 1 amide bonds. The molecule has 0 spiro atoms. The number of alkyl halides is 3. The molecule has 0 saturated heterocycles. The summed E-state index contributed by atoms with van der Waals surface area (Å²) in [5, 5.41) is 4.14. The van der Waals surface area contributed by atoms with Crippen LogP contribution in [0.15, 0.2) is 30.6 Å². The molecule has 1 aliphatic carbocycles. The molecule has 2 aliphatic rings. The maximum Gasteiger partial charge on any atom is 0.573 e. The molecule has 26 heavy (non-hydrogen) atoms. The number of nitrogens with zero attached hydrogens (tertiary/aromatic N) is 3. The number of carbonyl (C=O) groups is 1. The molecule has 5 nitrogen and oxygen atoms in total. The Kier molecular flexibility index (Phi) is 3.93. The third-order valence-electron chi connectivity index (χ3n) is 4.93. The minimum absolute atomic E-state index is 0.0318. The average molecular weight is 365 g/mol. The van der Waals surface area contributed by atoms with Crippen LogP contribution in [0.4, 0.5) is 18.9 Å². The van der Waals surface area contributed by atoms with Crippen molar-refractivity contribution in [2.24, 2.45) is 13.0 Å². The molecule has 0 N–H and O–H groups in total. The predicted molar refractivity (Wildman–Crippen MR) is 87.9 cm³/mol. The molecular weight excluding hydrogens is 347 g/mol. The van der Waals surface area contributed by atoms with E-state index in [0.29, 0.717) is 24.2 Å². The number of halogens is 3. The summed E-state index contributed by atoms with van der Waals surface area (Å²) in [6.45, 7) is 0.585. The Morgan fingerprint density at radius 1 is 1.35 bits per heavy atom. The molecule has 2 atom stereocenters. The number of hydrogen-bond donors (Lipinski definition) is 0. The second-order valence-electron chi connectivity index (χ2n) is 6.83. The molecule has 4 rings (SSSR count). The highest BCUT2D eigenvalue weighted by atomic mass is 19.4. The molecule has 0 bridgehead atoms. The van der Waals surface area contributed by atoms with E-state index in [1.165, 1.54) is 12.1 Å². The zero-order chi connectivity index (χ0) is 18.5. The Bertz CT molecular complexity index is 846. The molecule has 2 unspecified atom stereocenters. The van der Waals surface area contributed by atoms with Gasteiger partial charge in [0.15, 0.2) is 0 Å². The van der Waals surface area contributed by atoms with E-state index in [9.17, 15) is 18.0 Å². The van der Waals surface area contributed by atoms with E-state index in [0.717, 1.165) is 18.4 Å². The van der Waals surface area contributed by atoms with Crippen LogP contribution in [0.1, 0.15) is 29.9 Å². The number of anilines is 1. The van der Waals surface area contributed by atoms with Crippen LogP contribution in [-0.4, -0.2) is 28.6 Å². The van der Waals surface area contributed by atoms with Crippen molar-refractivity contribution >= 4 is 11.6 Å². The van der Waals surface area contributed by atoms with Crippen LogP contribution < -0.4 is 9.64 Å². The minimum atomic E-state index is -4.72. The maximum atomic E-state index is 12.9. The number of ether oxygens (including phenoxy) is 1. The first-order chi connectivity index (χ1) is 12.3. The summed E-state index contributed by atoms with van der Waals surface area (Å²) in [7, 11) is 1.84. The van der Waals surface area contributed by atoms with Gasteiger partial charge in [0.2, 0.25) is 5.91 Å². The first-order valence-electron chi connectivity index (χ1n) is 8.50. The van der Waals surface area contributed by atoms with Crippen molar-refractivity contribution in [2.45, 2.75) is 31.5 Å². The van der Waals surface area contributed by atoms with Crippen molar-refractivity contribution in [1.82, 2.24) is 9.78 Å². The first-order valence-corrected chi connectivity index (χ1v) is 8.50. The van der Waals surface area contributed by atoms with Crippen molar-refractivity contribution in [2.75, 3.05) is 11.4 Å². The van der Waals surface area contributed by atoms with E-state index in [-0.39, 0.29) is 23.5 Å². The van der Waals surface area contributed by atoms with Gasteiger partial charge in [0, 0.05) is 31.4 Å². The van der Waals surface area contributed by atoms with Crippen LogP contribution in [-0.2, 0) is 18.3 Å². The SMILES string of the molecule is Cn1cc(C2CC2C(=O)N2CCCc3cc(OC(F)(F)F)ccc32)cn1. The van der Waals surface area contributed by atoms with E-state index in [2.05, 4.69) is 9.84 Å². The van der Waals surface area contributed by atoms with Gasteiger partial charge in [0.05, 0.1) is 6.20 Å². The highest BCUT2D eigenvalue weighted by Gasteiger charge is 2.47. The van der Waals surface area contributed by atoms with Crippen LogP contribution in [0.5, 0.6) is 5.75 Å². The van der Waals surface area contributed by atoms with Crippen molar-refractivity contribution < 1.29 is 22.7 Å². The van der Waals surface area contributed by atoms with Gasteiger partial charge in [-0.25, -0.2) is 0 Å². The van der Waals surface area contributed by atoms with Gasteiger partial charge >= 0.3 is 6.36 Å². The molecular formula is C18H18F3N3O2. The molecule has 1 saturated carbocycles. The van der Waals surface area contributed by atoms with Gasteiger partial charge in [-0.1, -0.05) is 0 Å². The highest BCUT2D eigenvalue weighted by Crippen LogP contribution is 2.49. The van der Waals surface area contributed by atoms with Crippen LogP contribution in [0, 0.1) is 5.92 Å². The van der Waals surface area contributed by atoms with E-state index in [1.807, 2.05) is 13.2 Å². The van der Waals surface area contributed by atoms with Gasteiger partial charge in [-0.05, 0) is 54.5 Å². The lowest BCUT2D eigenvalue weighted by Gasteiger charge is -2.30. The van der Waals surface area contributed by atoms with Gasteiger partial charge in [0.1, 0.15) is 5.75 Å². The van der Waals surface area contributed by atoms with Gasteiger partial charge in [0.25, 0.3) is 0 Å². The summed E-state index contributed by atoms with van der Waals surface area (Å²) in [4.78, 5) is 14.6. The lowest BCUT2D eigenvalue weighted by molar-refractivity contribution is -0.274. The maximum absolute atomic E-state index is 12.9. The standard InChI is InChI=1S/C18H18F3N3O2/c1-23-10-12(9-22-23)14-8-15(14)17(25)24-6-2-3-11-7-13(4-5-16(11)24)26-18(19,20)21/h4-5,7,9-10,14-15H,2-3,6,8H2,1H3.